The summed E-state index contributed by atoms with van der Waals surface area (Å²) >= 11 is 0. The maximum atomic E-state index is 5.36. The molecular formula is C9H14N2O2. The maximum absolute atomic E-state index is 5.36. The van der Waals surface area contributed by atoms with Crippen LogP contribution in [-0.2, 0) is 11.2 Å². The summed E-state index contributed by atoms with van der Waals surface area (Å²) in [5.74, 6) is 1.88. The van der Waals surface area contributed by atoms with Crippen LogP contribution < -0.4 is 0 Å². The van der Waals surface area contributed by atoms with Crippen LogP contribution in [0.15, 0.2) is 4.52 Å². The lowest BCUT2D eigenvalue weighted by Gasteiger charge is -2.18. The number of hydrogen-bond acceptors (Lipinski definition) is 4. The summed E-state index contributed by atoms with van der Waals surface area (Å²) in [5.41, 5.74) is 0. The first kappa shape index (κ1) is 8.69. The van der Waals surface area contributed by atoms with Gasteiger partial charge in [-0.15, -0.1) is 0 Å². The van der Waals surface area contributed by atoms with Gasteiger partial charge >= 0.3 is 0 Å². The average molecular weight is 182 g/mol. The normalized spacial score (nSPS) is 23.3. The lowest BCUT2D eigenvalue weighted by Crippen LogP contribution is -2.16. The zero-order valence-corrected chi connectivity index (χ0v) is 7.82. The quantitative estimate of drug-likeness (QED) is 0.695. The van der Waals surface area contributed by atoms with Crippen LogP contribution in [-0.4, -0.2) is 23.4 Å². The first-order chi connectivity index (χ1) is 6.40. The van der Waals surface area contributed by atoms with Crippen molar-refractivity contribution in [2.75, 3.05) is 13.2 Å². The molecule has 1 fully saturated rings. The molecule has 1 aliphatic rings. The third-order valence-corrected chi connectivity index (χ3v) is 2.31. The Morgan fingerprint density at radius 3 is 3.08 bits per heavy atom. The second kappa shape index (κ2) is 3.87. The van der Waals surface area contributed by atoms with E-state index < -0.39 is 0 Å². The Labute approximate surface area is 77.3 Å². The van der Waals surface area contributed by atoms with E-state index in [1.807, 2.05) is 6.92 Å². The van der Waals surface area contributed by atoms with Gasteiger partial charge in [0.05, 0.1) is 6.61 Å². The first-order valence-corrected chi connectivity index (χ1v) is 4.80. The summed E-state index contributed by atoms with van der Waals surface area (Å²) in [6, 6.07) is 0. The molecule has 2 rings (SSSR count). The molecule has 1 saturated heterocycles. The molecule has 1 aliphatic heterocycles. The topological polar surface area (TPSA) is 48.2 Å². The largest absolute Gasteiger partial charge is 0.381 e. The predicted octanol–water partition coefficient (Wildman–Crippen LogP) is 1.53. The summed E-state index contributed by atoms with van der Waals surface area (Å²) in [7, 11) is 0. The summed E-state index contributed by atoms with van der Waals surface area (Å²) in [5, 5.41) is 3.94. The monoisotopic (exact) mass is 182 g/mol. The lowest BCUT2D eigenvalue weighted by molar-refractivity contribution is 0.0773. The Balaban J connectivity index is 2.05. The van der Waals surface area contributed by atoms with Crippen LogP contribution in [0.1, 0.15) is 37.4 Å². The first-order valence-electron chi connectivity index (χ1n) is 4.80. The molecule has 0 bridgehead atoms. The molecule has 0 aromatic carbocycles. The van der Waals surface area contributed by atoms with Gasteiger partial charge in [-0.2, -0.15) is 4.98 Å². The fourth-order valence-electron chi connectivity index (χ4n) is 1.52. The van der Waals surface area contributed by atoms with E-state index in [-0.39, 0.29) is 0 Å². The number of ether oxygens (including phenoxy) is 1. The molecule has 1 aromatic heterocycles. The van der Waals surface area contributed by atoms with Crippen LogP contribution in [0.2, 0.25) is 0 Å². The van der Waals surface area contributed by atoms with Crippen molar-refractivity contribution in [2.24, 2.45) is 0 Å². The van der Waals surface area contributed by atoms with Crippen molar-refractivity contribution in [1.82, 2.24) is 10.1 Å². The van der Waals surface area contributed by atoms with Crippen LogP contribution in [0.5, 0.6) is 0 Å². The summed E-state index contributed by atoms with van der Waals surface area (Å²) < 4.78 is 10.4. The van der Waals surface area contributed by atoms with Crippen LogP contribution in [0.4, 0.5) is 0 Å². The number of hydrogen-bond donors (Lipinski definition) is 0. The minimum Gasteiger partial charge on any atom is -0.381 e. The van der Waals surface area contributed by atoms with Gasteiger partial charge in [0, 0.05) is 18.9 Å². The van der Waals surface area contributed by atoms with Gasteiger partial charge in [0.25, 0.3) is 0 Å². The highest BCUT2D eigenvalue weighted by atomic mass is 16.5. The zero-order valence-electron chi connectivity index (χ0n) is 7.82. The van der Waals surface area contributed by atoms with E-state index in [0.717, 1.165) is 44.2 Å². The smallest absolute Gasteiger partial charge is 0.226 e. The minimum absolute atomic E-state index is 0.345. The van der Waals surface area contributed by atoms with Crippen LogP contribution in [0, 0.1) is 0 Å². The van der Waals surface area contributed by atoms with Crippen molar-refractivity contribution < 1.29 is 9.26 Å². The van der Waals surface area contributed by atoms with Gasteiger partial charge in [-0.05, 0) is 12.8 Å². The minimum atomic E-state index is 0.345. The predicted molar refractivity (Wildman–Crippen MR) is 46.5 cm³/mol. The molecule has 0 saturated carbocycles. The van der Waals surface area contributed by atoms with Gasteiger partial charge in [0.2, 0.25) is 5.89 Å². The molecule has 1 unspecified atom stereocenters. The van der Waals surface area contributed by atoms with Crippen LogP contribution in [0.3, 0.4) is 0 Å². The lowest BCUT2D eigenvalue weighted by atomic mass is 10.0. The molecule has 72 valence electrons. The summed E-state index contributed by atoms with van der Waals surface area (Å²) in [6.45, 7) is 3.62. The maximum Gasteiger partial charge on any atom is 0.226 e. The van der Waals surface area contributed by atoms with Crippen molar-refractivity contribution in [3.8, 4) is 0 Å². The number of nitrogens with zero attached hydrogens (tertiary/aromatic N) is 2. The van der Waals surface area contributed by atoms with Crippen LogP contribution in [0.25, 0.3) is 0 Å². The molecule has 13 heavy (non-hydrogen) atoms. The van der Waals surface area contributed by atoms with E-state index >= 15 is 0 Å². The van der Waals surface area contributed by atoms with E-state index in [1.54, 1.807) is 0 Å². The molecule has 0 aliphatic carbocycles. The van der Waals surface area contributed by atoms with Gasteiger partial charge in [0.15, 0.2) is 5.82 Å². The molecule has 2 heterocycles. The Bertz CT molecular complexity index is 266. The van der Waals surface area contributed by atoms with Gasteiger partial charge < -0.3 is 9.26 Å². The summed E-state index contributed by atoms with van der Waals surface area (Å²) in [6.07, 6.45) is 3.02. The van der Waals surface area contributed by atoms with Gasteiger partial charge in [-0.25, -0.2) is 0 Å². The van der Waals surface area contributed by atoms with Gasteiger partial charge in [-0.3, -0.25) is 0 Å². The van der Waals surface area contributed by atoms with E-state index in [1.165, 1.54) is 0 Å². The molecule has 4 nitrogen and oxygen atoms in total. The van der Waals surface area contributed by atoms with E-state index in [4.69, 9.17) is 9.26 Å². The van der Waals surface area contributed by atoms with Crippen molar-refractivity contribution >= 4 is 0 Å². The molecule has 4 heteroatoms. The second-order valence-electron chi connectivity index (χ2n) is 3.31. The molecule has 1 atom stereocenters. The third-order valence-electron chi connectivity index (χ3n) is 2.31. The summed E-state index contributed by atoms with van der Waals surface area (Å²) in [4.78, 5) is 4.29. The van der Waals surface area contributed by atoms with E-state index in [0.29, 0.717) is 5.92 Å². The zero-order chi connectivity index (χ0) is 9.10. The fourth-order valence-corrected chi connectivity index (χ4v) is 1.52. The number of rotatable bonds is 2. The SMILES string of the molecule is CCc1nc(C2CCCOC2)no1. The third kappa shape index (κ3) is 1.88. The van der Waals surface area contributed by atoms with Gasteiger partial charge in [-0.1, -0.05) is 12.1 Å². The second-order valence-corrected chi connectivity index (χ2v) is 3.31. The van der Waals surface area contributed by atoms with Crippen molar-refractivity contribution in [3.05, 3.63) is 11.7 Å². The molecule has 1 aromatic rings. The average Bonchev–Trinajstić information content (AvgIpc) is 2.67. The standard InChI is InChI=1S/C9H14N2O2/c1-2-8-10-9(11-13-8)7-4-3-5-12-6-7/h7H,2-6H2,1H3. The Morgan fingerprint density at radius 2 is 2.46 bits per heavy atom. The number of aromatic nitrogens is 2. The van der Waals surface area contributed by atoms with Gasteiger partial charge in [0.1, 0.15) is 0 Å². The molecular weight excluding hydrogens is 168 g/mol. The Kier molecular flexibility index (Phi) is 2.59. The highest BCUT2D eigenvalue weighted by Gasteiger charge is 2.20. The van der Waals surface area contributed by atoms with E-state index in [2.05, 4.69) is 10.1 Å². The highest BCUT2D eigenvalue weighted by Crippen LogP contribution is 2.22. The fraction of sp³-hybridized carbons (Fsp3) is 0.778. The van der Waals surface area contributed by atoms with Crippen molar-refractivity contribution in [2.45, 2.75) is 32.1 Å². The molecule has 0 amide bonds. The van der Waals surface area contributed by atoms with Crippen LogP contribution >= 0.6 is 0 Å². The Hall–Kier alpha value is -0.900. The molecule has 0 N–H and O–H groups in total. The molecule has 0 spiro atoms. The highest BCUT2D eigenvalue weighted by molar-refractivity contribution is 4.96. The Morgan fingerprint density at radius 1 is 1.54 bits per heavy atom. The number of aryl methyl sites for hydroxylation is 1. The van der Waals surface area contributed by atoms with E-state index in [9.17, 15) is 0 Å². The van der Waals surface area contributed by atoms with Crippen molar-refractivity contribution in [1.29, 1.82) is 0 Å². The van der Waals surface area contributed by atoms with Crippen molar-refractivity contribution in [3.63, 3.8) is 0 Å². The molecule has 0 radical (unpaired) electrons.